The standard InChI is InChI=1S/C16H24N2O/c1-13(19)18-11-10-17(16(2,3)4)12-15(18)14-8-6-5-7-9-14/h5-9,15H,10-12H2,1-4H3. The van der Waals surface area contributed by atoms with Crippen LogP contribution in [-0.4, -0.2) is 40.9 Å². The third-order valence-electron chi connectivity index (χ3n) is 3.92. The molecule has 1 saturated heterocycles. The first-order chi connectivity index (χ1) is 8.89. The summed E-state index contributed by atoms with van der Waals surface area (Å²) in [6, 6.07) is 10.5. The maximum Gasteiger partial charge on any atom is 0.220 e. The lowest BCUT2D eigenvalue weighted by atomic mass is 9.97. The lowest BCUT2D eigenvalue weighted by Crippen LogP contribution is -2.55. The lowest BCUT2D eigenvalue weighted by molar-refractivity contribution is -0.135. The third-order valence-corrected chi connectivity index (χ3v) is 3.92. The lowest BCUT2D eigenvalue weighted by Gasteiger charge is -2.46. The van der Waals surface area contributed by atoms with Crippen LogP contribution >= 0.6 is 0 Å². The van der Waals surface area contributed by atoms with Gasteiger partial charge in [-0.25, -0.2) is 0 Å². The molecule has 19 heavy (non-hydrogen) atoms. The topological polar surface area (TPSA) is 23.6 Å². The van der Waals surface area contributed by atoms with Gasteiger partial charge < -0.3 is 4.90 Å². The number of amides is 1. The van der Waals surface area contributed by atoms with E-state index < -0.39 is 0 Å². The van der Waals surface area contributed by atoms with Gasteiger partial charge in [-0.15, -0.1) is 0 Å². The van der Waals surface area contributed by atoms with E-state index in [-0.39, 0.29) is 17.5 Å². The summed E-state index contributed by atoms with van der Waals surface area (Å²) in [7, 11) is 0. The van der Waals surface area contributed by atoms with Gasteiger partial charge in [0.1, 0.15) is 0 Å². The van der Waals surface area contributed by atoms with Gasteiger partial charge in [-0.3, -0.25) is 9.69 Å². The van der Waals surface area contributed by atoms with E-state index in [1.54, 1.807) is 6.92 Å². The first-order valence-electron chi connectivity index (χ1n) is 6.97. The van der Waals surface area contributed by atoms with Gasteiger partial charge in [0.05, 0.1) is 6.04 Å². The first kappa shape index (κ1) is 14.1. The molecule has 3 nitrogen and oxygen atoms in total. The molecular weight excluding hydrogens is 236 g/mol. The van der Waals surface area contributed by atoms with Crippen LogP contribution in [0.5, 0.6) is 0 Å². The van der Waals surface area contributed by atoms with Gasteiger partial charge in [-0.1, -0.05) is 30.3 Å². The van der Waals surface area contributed by atoms with Gasteiger partial charge in [0.25, 0.3) is 0 Å². The molecule has 1 aliphatic heterocycles. The second-order valence-electron chi connectivity index (χ2n) is 6.26. The van der Waals surface area contributed by atoms with Crippen LogP contribution in [0.15, 0.2) is 30.3 Å². The number of nitrogens with zero attached hydrogens (tertiary/aromatic N) is 2. The van der Waals surface area contributed by atoms with Crippen molar-refractivity contribution in [1.29, 1.82) is 0 Å². The molecule has 1 heterocycles. The van der Waals surface area contributed by atoms with Crippen LogP contribution in [0, 0.1) is 0 Å². The van der Waals surface area contributed by atoms with Crippen LogP contribution in [-0.2, 0) is 4.79 Å². The van der Waals surface area contributed by atoms with E-state index in [9.17, 15) is 4.79 Å². The predicted molar refractivity (Wildman–Crippen MR) is 77.9 cm³/mol. The normalized spacial score (nSPS) is 21.5. The van der Waals surface area contributed by atoms with Crippen LogP contribution in [0.1, 0.15) is 39.3 Å². The summed E-state index contributed by atoms with van der Waals surface area (Å²) in [4.78, 5) is 16.3. The van der Waals surface area contributed by atoms with Crippen molar-refractivity contribution < 1.29 is 4.79 Å². The average molecular weight is 260 g/mol. The minimum atomic E-state index is 0.149. The molecule has 0 spiro atoms. The average Bonchev–Trinajstić information content (AvgIpc) is 2.38. The zero-order valence-corrected chi connectivity index (χ0v) is 12.4. The van der Waals surface area contributed by atoms with Crippen molar-refractivity contribution in [3.05, 3.63) is 35.9 Å². The summed E-state index contributed by atoms with van der Waals surface area (Å²) in [5, 5.41) is 0. The number of hydrogen-bond acceptors (Lipinski definition) is 2. The fourth-order valence-corrected chi connectivity index (χ4v) is 2.73. The molecule has 2 rings (SSSR count). The number of hydrogen-bond donors (Lipinski definition) is 0. The van der Waals surface area contributed by atoms with Gasteiger partial charge in [0, 0.05) is 32.1 Å². The fraction of sp³-hybridized carbons (Fsp3) is 0.562. The molecule has 0 bridgehead atoms. The molecular formula is C16H24N2O. The zero-order valence-electron chi connectivity index (χ0n) is 12.4. The minimum absolute atomic E-state index is 0.149. The number of rotatable bonds is 1. The molecule has 0 aliphatic carbocycles. The van der Waals surface area contributed by atoms with Crippen LogP contribution in [0.2, 0.25) is 0 Å². The Morgan fingerprint density at radius 2 is 1.79 bits per heavy atom. The summed E-state index contributed by atoms with van der Waals surface area (Å²) in [6.07, 6.45) is 0. The molecule has 3 heteroatoms. The monoisotopic (exact) mass is 260 g/mol. The Hall–Kier alpha value is -1.35. The molecule has 1 aliphatic rings. The Kier molecular flexibility index (Phi) is 3.95. The SMILES string of the molecule is CC(=O)N1CCN(C(C)(C)C)CC1c1ccccc1. The van der Waals surface area contributed by atoms with Crippen LogP contribution < -0.4 is 0 Å². The minimum Gasteiger partial charge on any atom is -0.333 e. The molecule has 0 radical (unpaired) electrons. The summed E-state index contributed by atoms with van der Waals surface area (Å²) >= 11 is 0. The fourth-order valence-electron chi connectivity index (χ4n) is 2.73. The van der Waals surface area contributed by atoms with Crippen molar-refractivity contribution >= 4 is 5.91 Å². The van der Waals surface area contributed by atoms with Gasteiger partial charge >= 0.3 is 0 Å². The van der Waals surface area contributed by atoms with E-state index >= 15 is 0 Å². The Morgan fingerprint density at radius 1 is 1.16 bits per heavy atom. The molecule has 0 saturated carbocycles. The molecule has 1 aromatic rings. The summed E-state index contributed by atoms with van der Waals surface area (Å²) in [5.41, 5.74) is 1.38. The molecule has 0 aromatic heterocycles. The van der Waals surface area contributed by atoms with Crippen LogP contribution in [0.4, 0.5) is 0 Å². The zero-order chi connectivity index (χ0) is 14.0. The summed E-state index contributed by atoms with van der Waals surface area (Å²) in [6.45, 7) is 11.0. The highest BCUT2D eigenvalue weighted by atomic mass is 16.2. The van der Waals surface area contributed by atoms with E-state index in [1.165, 1.54) is 5.56 Å². The van der Waals surface area contributed by atoms with Gasteiger partial charge in [0.2, 0.25) is 5.91 Å². The number of benzene rings is 1. The van der Waals surface area contributed by atoms with Crippen molar-refractivity contribution in [3.63, 3.8) is 0 Å². The molecule has 1 aromatic carbocycles. The van der Waals surface area contributed by atoms with Crippen molar-refractivity contribution in [2.75, 3.05) is 19.6 Å². The summed E-state index contributed by atoms with van der Waals surface area (Å²) < 4.78 is 0. The second kappa shape index (κ2) is 5.33. The molecule has 104 valence electrons. The van der Waals surface area contributed by atoms with Crippen molar-refractivity contribution in [2.24, 2.45) is 0 Å². The van der Waals surface area contributed by atoms with E-state index in [4.69, 9.17) is 0 Å². The second-order valence-corrected chi connectivity index (χ2v) is 6.26. The Labute approximate surface area is 116 Å². The highest BCUT2D eigenvalue weighted by molar-refractivity contribution is 5.74. The third kappa shape index (κ3) is 3.16. The number of carbonyl (C=O) groups excluding carboxylic acids is 1. The van der Waals surface area contributed by atoms with E-state index in [0.717, 1.165) is 19.6 Å². The quantitative estimate of drug-likeness (QED) is 0.775. The molecule has 1 fully saturated rings. The molecule has 1 atom stereocenters. The van der Waals surface area contributed by atoms with Crippen LogP contribution in [0.25, 0.3) is 0 Å². The van der Waals surface area contributed by atoms with E-state index in [1.807, 2.05) is 23.1 Å². The Balaban J connectivity index is 2.26. The molecule has 0 N–H and O–H groups in total. The molecule has 1 unspecified atom stereocenters. The maximum absolute atomic E-state index is 11.8. The van der Waals surface area contributed by atoms with Gasteiger partial charge in [-0.05, 0) is 26.3 Å². The highest BCUT2D eigenvalue weighted by Gasteiger charge is 2.34. The number of carbonyl (C=O) groups is 1. The van der Waals surface area contributed by atoms with Gasteiger partial charge in [-0.2, -0.15) is 0 Å². The smallest absolute Gasteiger partial charge is 0.220 e. The predicted octanol–water partition coefficient (Wildman–Crippen LogP) is 2.69. The van der Waals surface area contributed by atoms with E-state index in [0.29, 0.717) is 0 Å². The maximum atomic E-state index is 11.8. The van der Waals surface area contributed by atoms with Crippen molar-refractivity contribution in [1.82, 2.24) is 9.80 Å². The summed E-state index contributed by atoms with van der Waals surface area (Å²) in [5.74, 6) is 0.169. The molecule has 1 amide bonds. The first-order valence-corrected chi connectivity index (χ1v) is 6.97. The number of piperazine rings is 1. The Bertz CT molecular complexity index is 436. The van der Waals surface area contributed by atoms with Crippen molar-refractivity contribution in [3.8, 4) is 0 Å². The Morgan fingerprint density at radius 3 is 2.32 bits per heavy atom. The van der Waals surface area contributed by atoms with Crippen molar-refractivity contribution in [2.45, 2.75) is 39.3 Å². The largest absolute Gasteiger partial charge is 0.333 e. The highest BCUT2D eigenvalue weighted by Crippen LogP contribution is 2.29. The van der Waals surface area contributed by atoms with E-state index in [2.05, 4.69) is 37.8 Å². The van der Waals surface area contributed by atoms with Gasteiger partial charge in [0.15, 0.2) is 0 Å². The van der Waals surface area contributed by atoms with Crippen LogP contribution in [0.3, 0.4) is 0 Å².